The molecule has 6 heteroatoms. The normalized spacial score (nSPS) is 11.2. The van der Waals surface area contributed by atoms with Crippen LogP contribution in [0.3, 0.4) is 0 Å². The molecule has 0 saturated heterocycles. The number of halogens is 1. The first-order valence-electron chi connectivity index (χ1n) is 8.66. The zero-order valence-corrected chi connectivity index (χ0v) is 15.8. The molecule has 0 aliphatic rings. The molecule has 2 aromatic carbocycles. The largest absolute Gasteiger partial charge is 0.460 e. The number of carbonyl (C=O) groups excluding carboxylic acids is 1. The highest BCUT2D eigenvalue weighted by Crippen LogP contribution is 2.26. The number of amides is 1. The van der Waals surface area contributed by atoms with Crippen LogP contribution in [0.5, 0.6) is 0 Å². The topological polar surface area (TPSA) is 67.5 Å². The van der Waals surface area contributed by atoms with Gasteiger partial charge in [-0.2, -0.15) is 5.10 Å². The van der Waals surface area contributed by atoms with Gasteiger partial charge >= 0.3 is 0 Å². The van der Waals surface area contributed by atoms with Crippen molar-refractivity contribution in [2.24, 2.45) is 5.10 Å². The van der Waals surface area contributed by atoms with E-state index in [0.29, 0.717) is 22.0 Å². The van der Waals surface area contributed by atoms with Crippen LogP contribution in [-0.2, 0) is 0 Å². The van der Waals surface area contributed by atoms with Gasteiger partial charge in [0.05, 0.1) is 23.0 Å². The highest BCUT2D eigenvalue weighted by atomic mass is 35.5. The van der Waals surface area contributed by atoms with Crippen molar-refractivity contribution in [3.63, 3.8) is 0 Å². The molecule has 0 saturated carbocycles. The zero-order valence-electron chi connectivity index (χ0n) is 15.0. The van der Waals surface area contributed by atoms with Gasteiger partial charge < -0.3 is 4.42 Å². The Balaban J connectivity index is 1.69. The number of fused-ring (bicyclic) bond motifs is 1. The van der Waals surface area contributed by atoms with Crippen molar-refractivity contribution in [2.45, 2.75) is 6.92 Å². The van der Waals surface area contributed by atoms with Gasteiger partial charge in [0, 0.05) is 16.0 Å². The van der Waals surface area contributed by atoms with Crippen LogP contribution in [0.4, 0.5) is 0 Å². The van der Waals surface area contributed by atoms with E-state index in [-0.39, 0.29) is 5.91 Å². The number of carbonyl (C=O) groups is 1. The number of hydrogen-bond acceptors (Lipinski definition) is 4. The van der Waals surface area contributed by atoms with Gasteiger partial charge in [-0.1, -0.05) is 41.9 Å². The molecule has 2 heterocycles. The van der Waals surface area contributed by atoms with Crippen molar-refractivity contribution >= 4 is 34.6 Å². The third-order valence-electron chi connectivity index (χ3n) is 4.22. The van der Waals surface area contributed by atoms with E-state index in [9.17, 15) is 4.79 Å². The molecule has 0 unspecified atom stereocenters. The second-order valence-electron chi connectivity index (χ2n) is 6.23. The van der Waals surface area contributed by atoms with Crippen LogP contribution in [0.1, 0.15) is 21.9 Å². The molecular formula is C22H16ClN3O2. The van der Waals surface area contributed by atoms with Gasteiger partial charge in [-0.25, -0.2) is 10.4 Å². The molecule has 1 N–H and O–H groups in total. The summed E-state index contributed by atoms with van der Waals surface area (Å²) in [6.45, 7) is 1.84. The molecule has 138 valence electrons. The molecule has 4 rings (SSSR count). The monoisotopic (exact) mass is 389 g/mol. The number of furan rings is 1. The molecule has 0 atom stereocenters. The smallest absolute Gasteiger partial charge is 0.272 e. The maximum Gasteiger partial charge on any atom is 0.272 e. The molecule has 0 bridgehead atoms. The minimum absolute atomic E-state index is 0.326. The van der Waals surface area contributed by atoms with E-state index in [0.717, 1.165) is 22.2 Å². The number of para-hydroxylation sites is 1. The lowest BCUT2D eigenvalue weighted by Crippen LogP contribution is -2.18. The first-order chi connectivity index (χ1) is 13.6. The molecule has 0 fully saturated rings. The van der Waals surface area contributed by atoms with E-state index in [1.54, 1.807) is 24.3 Å². The number of rotatable bonds is 4. The van der Waals surface area contributed by atoms with Crippen LogP contribution in [0, 0.1) is 6.92 Å². The van der Waals surface area contributed by atoms with Crippen LogP contribution < -0.4 is 5.43 Å². The van der Waals surface area contributed by atoms with Crippen LogP contribution in [-0.4, -0.2) is 17.1 Å². The maximum absolute atomic E-state index is 12.8. The maximum atomic E-state index is 12.8. The number of hydrogen-bond donors (Lipinski definition) is 1. The number of pyridine rings is 1. The molecule has 0 spiro atoms. The van der Waals surface area contributed by atoms with Crippen molar-refractivity contribution in [1.29, 1.82) is 0 Å². The number of nitrogens with zero attached hydrogens (tertiary/aromatic N) is 2. The quantitative estimate of drug-likeness (QED) is 0.384. The Hall–Kier alpha value is -3.44. The van der Waals surface area contributed by atoms with Crippen molar-refractivity contribution in [3.05, 3.63) is 88.8 Å². The van der Waals surface area contributed by atoms with Crippen LogP contribution in [0.15, 0.2) is 76.2 Å². The van der Waals surface area contributed by atoms with Gasteiger partial charge in [0.1, 0.15) is 11.5 Å². The number of nitrogens with one attached hydrogen (secondary N) is 1. The summed E-state index contributed by atoms with van der Waals surface area (Å²) in [6.07, 6.45) is 1.47. The number of aromatic nitrogens is 1. The average molecular weight is 390 g/mol. The third-order valence-corrected chi connectivity index (χ3v) is 4.47. The lowest BCUT2D eigenvalue weighted by atomic mass is 10.0. The number of aryl methyl sites for hydroxylation is 1. The first kappa shape index (κ1) is 17.9. The predicted molar refractivity (Wildman–Crippen MR) is 111 cm³/mol. The minimum Gasteiger partial charge on any atom is -0.460 e. The van der Waals surface area contributed by atoms with Crippen LogP contribution >= 0.6 is 11.6 Å². The molecule has 5 nitrogen and oxygen atoms in total. The van der Waals surface area contributed by atoms with Crippen molar-refractivity contribution < 1.29 is 9.21 Å². The Labute approximate surface area is 166 Å². The number of hydrazone groups is 1. The minimum atomic E-state index is -0.326. The van der Waals surface area contributed by atoms with E-state index < -0.39 is 0 Å². The average Bonchev–Trinajstić information content (AvgIpc) is 3.12. The molecular weight excluding hydrogens is 374 g/mol. The summed E-state index contributed by atoms with van der Waals surface area (Å²) in [5, 5.41) is 5.39. The third kappa shape index (κ3) is 3.80. The van der Waals surface area contributed by atoms with Gasteiger partial charge in [-0.3, -0.25) is 4.79 Å². The summed E-state index contributed by atoms with van der Waals surface area (Å²) < 4.78 is 5.41. The highest BCUT2D eigenvalue weighted by molar-refractivity contribution is 6.30. The van der Waals surface area contributed by atoms with E-state index in [4.69, 9.17) is 16.0 Å². The Bertz CT molecular complexity index is 1180. The Morgan fingerprint density at radius 1 is 1.11 bits per heavy atom. The summed E-state index contributed by atoms with van der Waals surface area (Å²) in [5.74, 6) is 1.02. The Morgan fingerprint density at radius 3 is 2.64 bits per heavy atom. The molecule has 1 amide bonds. The second kappa shape index (κ2) is 7.66. The lowest BCUT2D eigenvalue weighted by Gasteiger charge is -2.09. The van der Waals surface area contributed by atoms with Gasteiger partial charge in [0.2, 0.25) is 0 Å². The summed E-state index contributed by atoms with van der Waals surface area (Å²) in [4.78, 5) is 17.5. The van der Waals surface area contributed by atoms with Gasteiger partial charge in [0.15, 0.2) is 0 Å². The highest BCUT2D eigenvalue weighted by Gasteiger charge is 2.13. The molecule has 0 radical (unpaired) electrons. The van der Waals surface area contributed by atoms with Crippen LogP contribution in [0.2, 0.25) is 5.02 Å². The fraction of sp³-hybridized carbons (Fsp3) is 0.0455. The summed E-state index contributed by atoms with van der Waals surface area (Å²) in [7, 11) is 0. The molecule has 0 aliphatic carbocycles. The predicted octanol–water partition coefficient (Wildman–Crippen LogP) is 5.22. The van der Waals surface area contributed by atoms with Crippen LogP contribution in [0.25, 0.3) is 22.2 Å². The van der Waals surface area contributed by atoms with Crippen molar-refractivity contribution in [2.75, 3.05) is 0 Å². The van der Waals surface area contributed by atoms with E-state index >= 15 is 0 Å². The second-order valence-corrected chi connectivity index (χ2v) is 6.66. The Kier molecular flexibility index (Phi) is 4.91. The van der Waals surface area contributed by atoms with Gasteiger partial charge in [0.25, 0.3) is 5.91 Å². The van der Waals surface area contributed by atoms with Crippen molar-refractivity contribution in [3.8, 4) is 11.3 Å². The van der Waals surface area contributed by atoms with E-state index in [1.165, 1.54) is 6.21 Å². The van der Waals surface area contributed by atoms with Gasteiger partial charge in [-0.05, 0) is 43.3 Å². The van der Waals surface area contributed by atoms with Crippen molar-refractivity contribution in [1.82, 2.24) is 10.4 Å². The number of benzene rings is 2. The molecule has 2 aromatic heterocycles. The summed E-state index contributed by atoms with van der Waals surface area (Å²) in [5.41, 5.74) is 5.34. The molecule has 0 aliphatic heterocycles. The summed E-state index contributed by atoms with van der Waals surface area (Å²) >= 11 is 5.98. The standard InChI is InChI=1S/C22H16ClN3O2/c1-14-6-11-17(28-14)13-24-26-22(27)19-12-21(15-7-9-16(23)10-8-15)25-20-5-3-2-4-18(19)20/h2-13H,1H3,(H,26,27). The lowest BCUT2D eigenvalue weighted by molar-refractivity contribution is 0.0956. The summed E-state index contributed by atoms with van der Waals surface area (Å²) in [6, 6.07) is 20.2. The molecule has 4 aromatic rings. The zero-order chi connectivity index (χ0) is 19.5. The van der Waals surface area contributed by atoms with Gasteiger partial charge in [-0.15, -0.1) is 0 Å². The first-order valence-corrected chi connectivity index (χ1v) is 9.03. The SMILES string of the molecule is Cc1ccc(C=NNC(=O)c2cc(-c3ccc(Cl)cc3)nc3ccccc23)o1. The fourth-order valence-electron chi connectivity index (χ4n) is 2.87. The Morgan fingerprint density at radius 2 is 1.89 bits per heavy atom. The van der Waals surface area contributed by atoms with E-state index in [2.05, 4.69) is 15.5 Å². The van der Waals surface area contributed by atoms with E-state index in [1.807, 2.05) is 49.4 Å². The fourth-order valence-corrected chi connectivity index (χ4v) is 3.00. The molecule has 28 heavy (non-hydrogen) atoms.